The minimum Gasteiger partial charge on any atom is -0.345 e. The lowest BCUT2D eigenvalue weighted by atomic mass is 9.83. The van der Waals surface area contributed by atoms with Crippen LogP contribution in [0.25, 0.3) is 0 Å². The van der Waals surface area contributed by atoms with Crippen LogP contribution in [0.2, 0.25) is 0 Å². The second-order valence-corrected chi connectivity index (χ2v) is 7.25. The first-order valence-corrected chi connectivity index (χ1v) is 9.46. The number of amides is 1. The van der Waals surface area contributed by atoms with Crippen LogP contribution in [-0.2, 0) is 6.18 Å². The van der Waals surface area contributed by atoms with E-state index < -0.39 is 11.7 Å². The summed E-state index contributed by atoms with van der Waals surface area (Å²) in [6.07, 6.45) is 2.21. The maximum Gasteiger partial charge on any atom is 0.416 e. The summed E-state index contributed by atoms with van der Waals surface area (Å²) in [6.45, 7) is 0. The van der Waals surface area contributed by atoms with Crippen molar-refractivity contribution < 1.29 is 18.0 Å². The summed E-state index contributed by atoms with van der Waals surface area (Å²) in [6, 6.07) is 13.8. The van der Waals surface area contributed by atoms with Crippen LogP contribution >= 0.6 is 0 Å². The molecule has 2 nitrogen and oxygen atoms in total. The van der Waals surface area contributed by atoms with Gasteiger partial charge >= 0.3 is 6.18 Å². The molecule has 5 heteroatoms. The molecule has 27 heavy (non-hydrogen) atoms. The summed E-state index contributed by atoms with van der Waals surface area (Å²) in [5, 5.41) is 3.03. The fourth-order valence-corrected chi connectivity index (χ4v) is 3.77. The Kier molecular flexibility index (Phi) is 6.19. The Labute approximate surface area is 157 Å². The molecule has 0 saturated heterocycles. The van der Waals surface area contributed by atoms with Crippen LogP contribution < -0.4 is 5.32 Å². The van der Waals surface area contributed by atoms with Crippen molar-refractivity contribution >= 4 is 5.91 Å². The van der Waals surface area contributed by atoms with Crippen molar-refractivity contribution in [3.05, 3.63) is 71.3 Å². The molecule has 1 saturated carbocycles. The molecule has 2 aromatic carbocycles. The van der Waals surface area contributed by atoms with Gasteiger partial charge < -0.3 is 5.32 Å². The SMILES string of the molecule is O=C(NC(CC1CCCCC1)c1ccc(C(F)(F)F)cc1)c1ccccc1. The van der Waals surface area contributed by atoms with Crippen LogP contribution in [-0.4, -0.2) is 5.91 Å². The van der Waals surface area contributed by atoms with E-state index in [0.717, 1.165) is 37.0 Å². The van der Waals surface area contributed by atoms with E-state index in [9.17, 15) is 18.0 Å². The molecule has 0 radical (unpaired) electrons. The predicted octanol–water partition coefficient (Wildman–Crippen LogP) is 6.15. The molecule has 144 valence electrons. The maximum absolute atomic E-state index is 12.9. The summed E-state index contributed by atoms with van der Waals surface area (Å²) >= 11 is 0. The molecule has 0 aromatic heterocycles. The Morgan fingerprint density at radius 2 is 1.59 bits per heavy atom. The molecular weight excluding hydrogens is 351 g/mol. The number of alkyl halides is 3. The highest BCUT2D eigenvalue weighted by Crippen LogP contribution is 2.34. The first kappa shape index (κ1) is 19.5. The van der Waals surface area contributed by atoms with Crippen LogP contribution in [0.3, 0.4) is 0 Å². The smallest absolute Gasteiger partial charge is 0.345 e. The second-order valence-electron chi connectivity index (χ2n) is 7.25. The molecule has 1 unspecified atom stereocenters. The van der Waals surface area contributed by atoms with Crippen LogP contribution in [0.15, 0.2) is 54.6 Å². The van der Waals surface area contributed by atoms with Crippen molar-refractivity contribution in [1.29, 1.82) is 0 Å². The normalized spacial score (nSPS) is 16.7. The Morgan fingerprint density at radius 1 is 0.963 bits per heavy atom. The summed E-state index contributed by atoms with van der Waals surface area (Å²) in [5.74, 6) is 0.290. The zero-order valence-electron chi connectivity index (χ0n) is 15.1. The number of hydrogen-bond donors (Lipinski definition) is 1. The highest BCUT2D eigenvalue weighted by atomic mass is 19.4. The Bertz CT molecular complexity index is 734. The van der Waals surface area contributed by atoms with Crippen LogP contribution in [0.5, 0.6) is 0 Å². The first-order valence-electron chi connectivity index (χ1n) is 9.46. The average Bonchev–Trinajstić information content (AvgIpc) is 2.68. The van der Waals surface area contributed by atoms with Gasteiger partial charge in [-0.1, -0.05) is 62.4 Å². The van der Waals surface area contributed by atoms with Crippen molar-refractivity contribution in [3.8, 4) is 0 Å². The fraction of sp³-hybridized carbons (Fsp3) is 0.409. The summed E-state index contributed by atoms with van der Waals surface area (Å²) in [5.41, 5.74) is 0.605. The van der Waals surface area contributed by atoms with Crippen molar-refractivity contribution in [3.63, 3.8) is 0 Å². The highest BCUT2D eigenvalue weighted by molar-refractivity contribution is 5.94. The molecule has 1 aliphatic carbocycles. The Balaban J connectivity index is 1.79. The van der Waals surface area contributed by atoms with E-state index in [1.165, 1.54) is 31.4 Å². The van der Waals surface area contributed by atoms with E-state index in [1.807, 2.05) is 6.07 Å². The average molecular weight is 375 g/mol. The number of benzene rings is 2. The van der Waals surface area contributed by atoms with Crippen LogP contribution in [0, 0.1) is 5.92 Å². The molecule has 1 aliphatic rings. The largest absolute Gasteiger partial charge is 0.416 e. The molecular formula is C22H24F3NO. The van der Waals surface area contributed by atoms with Gasteiger partial charge in [0.15, 0.2) is 0 Å². The van der Waals surface area contributed by atoms with E-state index in [4.69, 9.17) is 0 Å². The number of nitrogens with one attached hydrogen (secondary N) is 1. The van der Waals surface area contributed by atoms with Gasteiger partial charge in [0, 0.05) is 5.56 Å². The van der Waals surface area contributed by atoms with Crippen molar-refractivity contribution in [2.75, 3.05) is 0 Å². The molecule has 0 aliphatic heterocycles. The lowest BCUT2D eigenvalue weighted by Gasteiger charge is -2.28. The maximum atomic E-state index is 12.9. The summed E-state index contributed by atoms with van der Waals surface area (Å²) < 4.78 is 38.6. The topological polar surface area (TPSA) is 29.1 Å². The van der Waals surface area contributed by atoms with E-state index in [-0.39, 0.29) is 11.9 Å². The Morgan fingerprint density at radius 3 is 2.19 bits per heavy atom. The van der Waals surface area contributed by atoms with Gasteiger partial charge in [0.2, 0.25) is 0 Å². The fourth-order valence-electron chi connectivity index (χ4n) is 3.77. The number of carbonyl (C=O) groups excluding carboxylic acids is 1. The van der Waals surface area contributed by atoms with Crippen LogP contribution in [0.1, 0.15) is 66.1 Å². The van der Waals surface area contributed by atoms with Gasteiger partial charge in [-0.15, -0.1) is 0 Å². The van der Waals surface area contributed by atoms with Gasteiger partial charge in [-0.2, -0.15) is 13.2 Å². The predicted molar refractivity (Wildman–Crippen MR) is 99.3 cm³/mol. The molecule has 0 bridgehead atoms. The van der Waals surface area contributed by atoms with Gasteiger partial charge in [-0.25, -0.2) is 0 Å². The molecule has 1 amide bonds. The van der Waals surface area contributed by atoms with Crippen molar-refractivity contribution in [2.45, 2.75) is 50.7 Å². The lowest BCUT2D eigenvalue weighted by molar-refractivity contribution is -0.137. The molecule has 2 aromatic rings. The number of carbonyl (C=O) groups is 1. The third-order valence-electron chi connectivity index (χ3n) is 5.28. The van der Waals surface area contributed by atoms with E-state index in [0.29, 0.717) is 11.5 Å². The van der Waals surface area contributed by atoms with Gasteiger partial charge in [0.1, 0.15) is 0 Å². The molecule has 1 fully saturated rings. The third kappa shape index (κ3) is 5.34. The molecule has 0 heterocycles. The van der Waals surface area contributed by atoms with Crippen molar-refractivity contribution in [1.82, 2.24) is 5.32 Å². The van der Waals surface area contributed by atoms with Crippen LogP contribution in [0.4, 0.5) is 13.2 Å². The number of hydrogen-bond acceptors (Lipinski definition) is 1. The molecule has 1 N–H and O–H groups in total. The highest BCUT2D eigenvalue weighted by Gasteiger charge is 2.30. The van der Waals surface area contributed by atoms with Gasteiger partial charge in [-0.05, 0) is 42.2 Å². The molecule has 1 atom stereocenters. The zero-order valence-corrected chi connectivity index (χ0v) is 15.1. The minimum atomic E-state index is -4.36. The molecule has 3 rings (SSSR count). The number of rotatable bonds is 5. The van der Waals surface area contributed by atoms with Gasteiger partial charge in [0.05, 0.1) is 11.6 Å². The monoisotopic (exact) mass is 375 g/mol. The Hall–Kier alpha value is -2.30. The second kappa shape index (κ2) is 8.59. The molecule has 0 spiro atoms. The zero-order chi connectivity index (χ0) is 19.3. The van der Waals surface area contributed by atoms with Gasteiger partial charge in [0.25, 0.3) is 5.91 Å². The summed E-state index contributed by atoms with van der Waals surface area (Å²) in [7, 11) is 0. The van der Waals surface area contributed by atoms with Gasteiger partial charge in [-0.3, -0.25) is 4.79 Å². The lowest BCUT2D eigenvalue weighted by Crippen LogP contribution is -2.30. The first-order chi connectivity index (χ1) is 12.9. The summed E-state index contributed by atoms with van der Waals surface area (Å²) in [4.78, 5) is 12.6. The number of halogens is 3. The van der Waals surface area contributed by atoms with E-state index in [2.05, 4.69) is 5.32 Å². The third-order valence-corrected chi connectivity index (χ3v) is 5.28. The van der Waals surface area contributed by atoms with Crippen molar-refractivity contribution in [2.24, 2.45) is 5.92 Å². The van der Waals surface area contributed by atoms with E-state index in [1.54, 1.807) is 24.3 Å². The minimum absolute atomic E-state index is 0.198. The standard InChI is InChI=1S/C22H24F3NO/c23-22(24,25)19-13-11-17(12-14-19)20(15-16-7-3-1-4-8-16)26-21(27)18-9-5-2-6-10-18/h2,5-6,9-14,16,20H,1,3-4,7-8,15H2,(H,26,27). The van der Waals surface area contributed by atoms with E-state index >= 15 is 0 Å². The quantitative estimate of drug-likeness (QED) is 0.667.